The molecule has 1 fully saturated rings. The third-order valence-corrected chi connectivity index (χ3v) is 4.79. The summed E-state index contributed by atoms with van der Waals surface area (Å²) in [6, 6.07) is 3.58. The van der Waals surface area contributed by atoms with Crippen LogP contribution in [0.2, 0.25) is 0 Å². The lowest BCUT2D eigenvalue weighted by atomic mass is 9.91. The van der Waals surface area contributed by atoms with E-state index >= 15 is 0 Å². The van der Waals surface area contributed by atoms with Crippen LogP contribution in [0, 0.1) is 13.8 Å². The fourth-order valence-corrected chi connectivity index (χ4v) is 3.58. The monoisotopic (exact) mass is 382 g/mol. The van der Waals surface area contributed by atoms with Crippen molar-refractivity contribution in [1.29, 1.82) is 0 Å². The number of rotatable bonds is 5. The number of carbonyl (C=O) groups excluding carboxylic acids is 1. The minimum Gasteiger partial charge on any atom is -0.360 e. The van der Waals surface area contributed by atoms with Crippen molar-refractivity contribution in [3.63, 3.8) is 0 Å². The summed E-state index contributed by atoms with van der Waals surface area (Å²) in [5, 5.41) is 10.5. The smallest absolute Gasteiger partial charge is 0.239 e. The number of aryl methyl sites for hydroxylation is 2. The maximum Gasteiger partial charge on any atom is 0.239 e. The van der Waals surface area contributed by atoms with Crippen molar-refractivity contribution in [3.05, 3.63) is 41.8 Å². The lowest BCUT2D eigenvalue weighted by molar-refractivity contribution is -0.117. The topological polar surface area (TPSA) is 110 Å². The molecular weight excluding hydrogens is 360 g/mol. The van der Waals surface area contributed by atoms with Crippen molar-refractivity contribution >= 4 is 11.7 Å². The number of piperidine rings is 1. The Kier molecular flexibility index (Phi) is 5.16. The molecule has 146 valence electrons. The summed E-state index contributed by atoms with van der Waals surface area (Å²) in [7, 11) is 0. The zero-order chi connectivity index (χ0) is 19.5. The molecule has 0 bridgehead atoms. The Hall–Kier alpha value is -3.07. The summed E-state index contributed by atoms with van der Waals surface area (Å²) >= 11 is 0. The largest absolute Gasteiger partial charge is 0.360 e. The van der Waals surface area contributed by atoms with Gasteiger partial charge in [0.1, 0.15) is 12.1 Å². The van der Waals surface area contributed by atoms with Crippen LogP contribution in [0.3, 0.4) is 0 Å². The third-order valence-electron chi connectivity index (χ3n) is 4.79. The van der Waals surface area contributed by atoms with Gasteiger partial charge in [-0.2, -0.15) is 0 Å². The maximum atomic E-state index is 12.3. The summed E-state index contributed by atoms with van der Waals surface area (Å²) in [6.45, 7) is 5.57. The fraction of sp³-hybridized carbons (Fsp3) is 0.421. The van der Waals surface area contributed by atoms with Crippen LogP contribution >= 0.6 is 0 Å². The molecule has 1 saturated heterocycles. The number of aromatic nitrogens is 4. The standard InChI is InChI=1S/C19H22N6O3/c1-12-6-16(28-23-12)15-8-20-11-21-19(15)14-4-3-5-25(9-14)10-18(26)22-17-7-13(2)27-24-17/h6-8,11,14H,3-5,9-10H2,1-2H3,(H,22,24,26)/t14-/m1/s1. The molecule has 4 rings (SSSR count). The first-order valence-corrected chi connectivity index (χ1v) is 9.27. The van der Waals surface area contributed by atoms with E-state index in [-0.39, 0.29) is 11.8 Å². The second-order valence-corrected chi connectivity index (χ2v) is 7.10. The lowest BCUT2D eigenvalue weighted by Crippen LogP contribution is -2.40. The second-order valence-electron chi connectivity index (χ2n) is 7.10. The van der Waals surface area contributed by atoms with Crippen LogP contribution in [0.15, 0.2) is 33.7 Å². The van der Waals surface area contributed by atoms with Crippen molar-refractivity contribution in [2.24, 2.45) is 0 Å². The first-order chi connectivity index (χ1) is 13.6. The molecule has 1 aliphatic rings. The molecule has 0 aromatic carbocycles. The average molecular weight is 382 g/mol. The van der Waals surface area contributed by atoms with Gasteiger partial charge in [0.15, 0.2) is 11.6 Å². The van der Waals surface area contributed by atoms with Crippen molar-refractivity contribution in [2.75, 3.05) is 25.0 Å². The van der Waals surface area contributed by atoms with Crippen molar-refractivity contribution in [2.45, 2.75) is 32.6 Å². The molecule has 4 heterocycles. The normalized spacial score (nSPS) is 17.6. The van der Waals surface area contributed by atoms with Gasteiger partial charge >= 0.3 is 0 Å². The fourth-order valence-electron chi connectivity index (χ4n) is 3.58. The predicted octanol–water partition coefficient (Wildman–Crippen LogP) is 2.55. The van der Waals surface area contributed by atoms with E-state index in [0.29, 0.717) is 23.9 Å². The zero-order valence-electron chi connectivity index (χ0n) is 15.9. The summed E-state index contributed by atoms with van der Waals surface area (Å²) in [5.41, 5.74) is 2.61. The highest BCUT2D eigenvalue weighted by Crippen LogP contribution is 2.32. The number of carbonyl (C=O) groups is 1. The Labute approximate surface area is 162 Å². The number of anilines is 1. The van der Waals surface area contributed by atoms with Crippen LogP contribution in [0.25, 0.3) is 11.3 Å². The van der Waals surface area contributed by atoms with Crippen LogP contribution in [0.4, 0.5) is 5.82 Å². The van der Waals surface area contributed by atoms with Gasteiger partial charge in [0.25, 0.3) is 0 Å². The van der Waals surface area contributed by atoms with E-state index in [4.69, 9.17) is 9.05 Å². The average Bonchev–Trinajstić information content (AvgIpc) is 3.30. The SMILES string of the molecule is Cc1cc(-c2cncnc2[C@@H]2CCCN(CC(=O)Nc3cc(C)on3)C2)on1. The summed E-state index contributed by atoms with van der Waals surface area (Å²) in [5.74, 6) is 1.86. The summed E-state index contributed by atoms with van der Waals surface area (Å²) in [4.78, 5) is 23.1. The van der Waals surface area contributed by atoms with E-state index in [1.807, 2.05) is 13.0 Å². The van der Waals surface area contributed by atoms with Crippen LogP contribution in [-0.2, 0) is 4.79 Å². The Balaban J connectivity index is 1.45. The minimum absolute atomic E-state index is 0.109. The summed E-state index contributed by atoms with van der Waals surface area (Å²) in [6.07, 6.45) is 5.30. The number of likely N-dealkylation sites (tertiary alicyclic amines) is 1. The number of hydrogen-bond donors (Lipinski definition) is 1. The Morgan fingerprint density at radius 1 is 1.29 bits per heavy atom. The molecular formula is C19H22N6O3. The van der Waals surface area contributed by atoms with Crippen LogP contribution in [0.1, 0.15) is 35.9 Å². The highest BCUT2D eigenvalue weighted by atomic mass is 16.5. The third kappa shape index (κ3) is 4.09. The first-order valence-electron chi connectivity index (χ1n) is 9.27. The van der Waals surface area contributed by atoms with E-state index in [9.17, 15) is 4.79 Å². The van der Waals surface area contributed by atoms with Gasteiger partial charge < -0.3 is 14.4 Å². The molecule has 9 heteroatoms. The van der Waals surface area contributed by atoms with Gasteiger partial charge in [-0.1, -0.05) is 10.3 Å². The molecule has 3 aromatic heterocycles. The molecule has 0 unspecified atom stereocenters. The van der Waals surface area contributed by atoms with Crippen LogP contribution < -0.4 is 5.32 Å². The molecule has 1 atom stereocenters. The Bertz CT molecular complexity index is 966. The molecule has 3 aromatic rings. The first kappa shape index (κ1) is 18.3. The van der Waals surface area contributed by atoms with Gasteiger partial charge in [0, 0.05) is 30.8 Å². The molecule has 1 N–H and O–H groups in total. The second kappa shape index (κ2) is 7.89. The molecule has 28 heavy (non-hydrogen) atoms. The van der Waals surface area contributed by atoms with Gasteiger partial charge in [-0.25, -0.2) is 9.97 Å². The lowest BCUT2D eigenvalue weighted by Gasteiger charge is -2.32. The van der Waals surface area contributed by atoms with Crippen LogP contribution in [-0.4, -0.2) is 50.7 Å². The number of nitrogens with zero attached hydrogens (tertiary/aromatic N) is 5. The zero-order valence-corrected chi connectivity index (χ0v) is 15.9. The molecule has 0 saturated carbocycles. The van der Waals surface area contributed by atoms with Gasteiger partial charge in [-0.3, -0.25) is 9.69 Å². The molecule has 1 aliphatic heterocycles. The minimum atomic E-state index is -0.109. The van der Waals surface area contributed by atoms with Crippen LogP contribution in [0.5, 0.6) is 0 Å². The number of nitrogens with one attached hydrogen (secondary N) is 1. The van der Waals surface area contributed by atoms with E-state index < -0.39 is 0 Å². The molecule has 0 aliphatic carbocycles. The highest BCUT2D eigenvalue weighted by Gasteiger charge is 2.27. The number of amides is 1. The molecule has 0 radical (unpaired) electrons. The van der Waals surface area contributed by atoms with E-state index in [2.05, 4.69) is 30.5 Å². The van der Waals surface area contributed by atoms with Crippen molar-refractivity contribution in [3.8, 4) is 11.3 Å². The van der Waals surface area contributed by atoms with Crippen molar-refractivity contribution < 1.29 is 13.8 Å². The summed E-state index contributed by atoms with van der Waals surface area (Å²) < 4.78 is 10.4. The number of hydrogen-bond acceptors (Lipinski definition) is 8. The van der Waals surface area contributed by atoms with Crippen molar-refractivity contribution in [1.82, 2.24) is 25.2 Å². The maximum absolute atomic E-state index is 12.3. The Morgan fingerprint density at radius 3 is 2.93 bits per heavy atom. The van der Waals surface area contributed by atoms with E-state index in [0.717, 1.165) is 42.9 Å². The van der Waals surface area contributed by atoms with E-state index in [1.54, 1.807) is 25.5 Å². The van der Waals surface area contributed by atoms with E-state index in [1.165, 1.54) is 0 Å². The van der Waals surface area contributed by atoms with Gasteiger partial charge in [0.2, 0.25) is 5.91 Å². The highest BCUT2D eigenvalue weighted by molar-refractivity contribution is 5.91. The molecule has 0 spiro atoms. The van der Waals surface area contributed by atoms with Gasteiger partial charge in [-0.15, -0.1) is 0 Å². The predicted molar refractivity (Wildman–Crippen MR) is 101 cm³/mol. The van der Waals surface area contributed by atoms with Gasteiger partial charge in [0.05, 0.1) is 23.5 Å². The molecule has 1 amide bonds. The quantitative estimate of drug-likeness (QED) is 0.717. The van der Waals surface area contributed by atoms with Gasteiger partial charge in [-0.05, 0) is 33.2 Å². The Morgan fingerprint density at radius 2 is 2.18 bits per heavy atom. The molecule has 9 nitrogen and oxygen atoms in total.